The lowest BCUT2D eigenvalue weighted by Crippen LogP contribution is -2.43. The number of ether oxygens (including phenoxy) is 1. The van der Waals surface area contributed by atoms with Crippen LogP contribution < -0.4 is 4.90 Å². The number of aromatic nitrogens is 2. The van der Waals surface area contributed by atoms with E-state index in [-0.39, 0.29) is 0 Å². The second kappa shape index (κ2) is 7.50. The monoisotopic (exact) mass is 338 g/mol. The van der Waals surface area contributed by atoms with Gasteiger partial charge in [-0.3, -0.25) is 4.90 Å². The van der Waals surface area contributed by atoms with Crippen molar-refractivity contribution in [2.45, 2.75) is 25.8 Å². The van der Waals surface area contributed by atoms with Crippen LogP contribution in [0.25, 0.3) is 0 Å². The molecular weight excluding hydrogens is 312 g/mol. The summed E-state index contributed by atoms with van der Waals surface area (Å²) in [4.78, 5) is 14.3. The van der Waals surface area contributed by atoms with Gasteiger partial charge in [-0.25, -0.2) is 9.97 Å². The second-order valence-electron chi connectivity index (χ2n) is 6.87. The fourth-order valence-electron chi connectivity index (χ4n) is 3.66. The van der Waals surface area contributed by atoms with Crippen molar-refractivity contribution in [1.82, 2.24) is 14.9 Å². The Balaban J connectivity index is 1.44. The quantitative estimate of drug-likeness (QED) is 0.838. The number of anilines is 1. The molecule has 0 bridgehead atoms. The minimum absolute atomic E-state index is 0.435. The summed E-state index contributed by atoms with van der Waals surface area (Å²) in [7, 11) is 0. The maximum absolute atomic E-state index is 5.46. The van der Waals surface area contributed by atoms with Gasteiger partial charge in [-0.2, -0.15) is 0 Å². The van der Waals surface area contributed by atoms with Crippen molar-refractivity contribution >= 4 is 5.82 Å². The van der Waals surface area contributed by atoms with Crippen LogP contribution in [0.5, 0.6) is 0 Å². The molecule has 5 nitrogen and oxygen atoms in total. The Labute approximate surface area is 149 Å². The van der Waals surface area contributed by atoms with E-state index in [0.29, 0.717) is 6.04 Å². The fraction of sp³-hybridized carbons (Fsp3) is 0.500. The molecule has 0 radical (unpaired) electrons. The number of nitrogens with zero attached hydrogens (tertiary/aromatic N) is 4. The first kappa shape index (κ1) is 16.5. The Hall–Kier alpha value is -1.98. The number of hydrogen-bond acceptors (Lipinski definition) is 5. The molecule has 3 heterocycles. The average Bonchev–Trinajstić information content (AvgIpc) is 2.62. The van der Waals surface area contributed by atoms with Gasteiger partial charge in [-0.1, -0.05) is 30.3 Å². The molecule has 2 saturated heterocycles. The lowest BCUT2D eigenvalue weighted by molar-refractivity contribution is 0.0889. The van der Waals surface area contributed by atoms with E-state index in [9.17, 15) is 0 Å². The summed E-state index contributed by atoms with van der Waals surface area (Å²) in [6.45, 7) is 7.64. The summed E-state index contributed by atoms with van der Waals surface area (Å²) in [5.74, 6) is 1.93. The minimum Gasteiger partial charge on any atom is -0.378 e. The van der Waals surface area contributed by atoms with Crippen molar-refractivity contribution in [1.29, 1.82) is 0 Å². The molecule has 132 valence electrons. The summed E-state index contributed by atoms with van der Waals surface area (Å²) in [5, 5.41) is 0. The van der Waals surface area contributed by atoms with Gasteiger partial charge in [0.2, 0.25) is 0 Å². The number of aryl methyl sites for hydroxylation is 1. The molecule has 2 aliphatic heterocycles. The first-order valence-electron chi connectivity index (χ1n) is 9.26. The maximum atomic E-state index is 5.46. The Morgan fingerprint density at radius 3 is 2.60 bits per heavy atom. The molecule has 0 saturated carbocycles. The molecule has 0 aliphatic carbocycles. The first-order chi connectivity index (χ1) is 12.3. The fourth-order valence-corrected chi connectivity index (χ4v) is 3.66. The smallest absolute Gasteiger partial charge is 0.132 e. The van der Waals surface area contributed by atoms with Gasteiger partial charge in [0.1, 0.15) is 11.6 Å². The molecule has 5 heteroatoms. The van der Waals surface area contributed by atoms with Crippen LogP contribution in [0.2, 0.25) is 0 Å². The highest BCUT2D eigenvalue weighted by atomic mass is 16.5. The Bertz CT molecular complexity index is 700. The van der Waals surface area contributed by atoms with Gasteiger partial charge in [-0.15, -0.1) is 0 Å². The lowest BCUT2D eigenvalue weighted by atomic mass is 9.98. The van der Waals surface area contributed by atoms with E-state index in [1.807, 2.05) is 6.92 Å². The number of morpholine rings is 1. The third-order valence-corrected chi connectivity index (χ3v) is 5.18. The van der Waals surface area contributed by atoms with E-state index in [4.69, 9.17) is 9.72 Å². The van der Waals surface area contributed by atoms with Gasteiger partial charge in [-0.05, 0) is 25.3 Å². The van der Waals surface area contributed by atoms with Crippen molar-refractivity contribution in [3.05, 3.63) is 53.5 Å². The number of rotatable bonds is 5. The molecule has 1 aromatic heterocycles. The van der Waals surface area contributed by atoms with E-state index in [0.717, 1.165) is 57.5 Å². The van der Waals surface area contributed by atoms with Crippen LogP contribution in [0.4, 0.5) is 5.82 Å². The molecular formula is C20H26N4O. The molecule has 4 rings (SSSR count). The van der Waals surface area contributed by atoms with E-state index < -0.39 is 0 Å². The first-order valence-corrected chi connectivity index (χ1v) is 9.26. The van der Waals surface area contributed by atoms with Crippen LogP contribution in [0.1, 0.15) is 29.5 Å². The summed E-state index contributed by atoms with van der Waals surface area (Å²) in [6, 6.07) is 13.4. The van der Waals surface area contributed by atoms with Crippen molar-refractivity contribution in [2.75, 3.05) is 44.3 Å². The summed E-state index contributed by atoms with van der Waals surface area (Å²) >= 11 is 0. The summed E-state index contributed by atoms with van der Waals surface area (Å²) in [6.07, 6.45) is 2.28. The molecule has 2 aliphatic rings. The molecule has 0 N–H and O–H groups in total. The molecule has 25 heavy (non-hydrogen) atoms. The summed E-state index contributed by atoms with van der Waals surface area (Å²) in [5.41, 5.74) is 2.58. The van der Waals surface area contributed by atoms with Gasteiger partial charge >= 0.3 is 0 Å². The summed E-state index contributed by atoms with van der Waals surface area (Å²) < 4.78 is 5.46. The topological polar surface area (TPSA) is 41.5 Å². The van der Waals surface area contributed by atoms with Crippen LogP contribution >= 0.6 is 0 Å². The van der Waals surface area contributed by atoms with Crippen molar-refractivity contribution < 1.29 is 4.74 Å². The Morgan fingerprint density at radius 2 is 1.88 bits per heavy atom. The highest BCUT2D eigenvalue weighted by molar-refractivity contribution is 5.41. The van der Waals surface area contributed by atoms with E-state index in [1.165, 1.54) is 17.7 Å². The third kappa shape index (κ3) is 3.83. The van der Waals surface area contributed by atoms with Crippen LogP contribution in [0.15, 0.2) is 36.4 Å². The van der Waals surface area contributed by atoms with Gasteiger partial charge in [0.05, 0.1) is 24.9 Å². The highest BCUT2D eigenvalue weighted by Gasteiger charge is 2.31. The standard InChI is InChI=1S/C20H26N4O/c1-16-21-18(15-20(22-16)24-11-13-25-14-12-24)19-8-10-23(19)9-7-17-5-3-2-4-6-17/h2-6,15,19H,7-14H2,1H3. The van der Waals surface area contributed by atoms with Crippen molar-refractivity contribution in [3.63, 3.8) is 0 Å². The van der Waals surface area contributed by atoms with Gasteiger partial charge in [0.15, 0.2) is 0 Å². The molecule has 2 fully saturated rings. The molecule has 1 unspecified atom stereocenters. The SMILES string of the molecule is Cc1nc(C2CCN2CCc2ccccc2)cc(N2CCOCC2)n1. The lowest BCUT2D eigenvalue weighted by Gasteiger charge is -2.41. The zero-order chi connectivity index (χ0) is 17.1. The van der Waals surface area contributed by atoms with Crippen LogP contribution in [0.3, 0.4) is 0 Å². The van der Waals surface area contributed by atoms with Gasteiger partial charge < -0.3 is 9.64 Å². The average molecular weight is 338 g/mol. The largest absolute Gasteiger partial charge is 0.378 e. The van der Waals surface area contributed by atoms with Crippen LogP contribution in [-0.4, -0.2) is 54.3 Å². The van der Waals surface area contributed by atoms with Crippen molar-refractivity contribution in [2.24, 2.45) is 0 Å². The van der Waals surface area contributed by atoms with Crippen LogP contribution in [-0.2, 0) is 11.2 Å². The van der Waals surface area contributed by atoms with Crippen molar-refractivity contribution in [3.8, 4) is 0 Å². The highest BCUT2D eigenvalue weighted by Crippen LogP contribution is 2.33. The Morgan fingerprint density at radius 1 is 1.08 bits per heavy atom. The number of likely N-dealkylation sites (tertiary alicyclic amines) is 1. The number of hydrogen-bond donors (Lipinski definition) is 0. The molecule has 2 aromatic rings. The molecule has 1 atom stereocenters. The normalized spacial score (nSPS) is 21.2. The third-order valence-electron chi connectivity index (χ3n) is 5.18. The molecule has 0 amide bonds. The predicted octanol–water partition coefficient (Wildman–Crippen LogP) is 2.61. The molecule has 0 spiro atoms. The zero-order valence-corrected chi connectivity index (χ0v) is 14.9. The predicted molar refractivity (Wildman–Crippen MR) is 98.9 cm³/mol. The minimum atomic E-state index is 0.435. The second-order valence-corrected chi connectivity index (χ2v) is 6.87. The molecule has 1 aromatic carbocycles. The maximum Gasteiger partial charge on any atom is 0.132 e. The van der Waals surface area contributed by atoms with Gasteiger partial charge in [0.25, 0.3) is 0 Å². The zero-order valence-electron chi connectivity index (χ0n) is 14.9. The Kier molecular flexibility index (Phi) is 4.95. The van der Waals surface area contributed by atoms with E-state index >= 15 is 0 Å². The number of benzene rings is 1. The van der Waals surface area contributed by atoms with E-state index in [2.05, 4.69) is 51.2 Å². The van der Waals surface area contributed by atoms with Gasteiger partial charge in [0, 0.05) is 32.2 Å². The van der Waals surface area contributed by atoms with E-state index in [1.54, 1.807) is 0 Å². The van der Waals surface area contributed by atoms with Crippen LogP contribution in [0, 0.1) is 6.92 Å².